The van der Waals surface area contributed by atoms with E-state index in [0.717, 1.165) is 27.5 Å². The monoisotopic (exact) mass is 420 g/mol. The number of para-hydroxylation sites is 2. The molecule has 32 heavy (non-hydrogen) atoms. The molecule has 0 aliphatic carbocycles. The molecule has 0 atom stereocenters. The van der Waals surface area contributed by atoms with Crippen LogP contribution in [0.3, 0.4) is 0 Å². The summed E-state index contributed by atoms with van der Waals surface area (Å²) in [5.41, 5.74) is 4.10. The number of rotatable bonds is 5. The van der Waals surface area contributed by atoms with Crippen molar-refractivity contribution in [3.63, 3.8) is 0 Å². The lowest BCUT2D eigenvalue weighted by Gasteiger charge is -2.09. The number of esters is 1. The first-order chi connectivity index (χ1) is 15.6. The normalized spacial score (nSPS) is 11.0. The molecule has 5 heteroatoms. The van der Waals surface area contributed by atoms with Crippen molar-refractivity contribution >= 4 is 33.6 Å². The van der Waals surface area contributed by atoms with Gasteiger partial charge in [0.25, 0.3) is 0 Å². The maximum absolute atomic E-state index is 13.3. The Bertz CT molecular complexity index is 1470. The number of nitrogens with zero attached hydrogens (tertiary/aromatic N) is 2. The summed E-state index contributed by atoms with van der Waals surface area (Å²) in [6.07, 6.45) is 0. The van der Waals surface area contributed by atoms with Crippen LogP contribution in [0, 0.1) is 0 Å². The van der Waals surface area contributed by atoms with Gasteiger partial charge in [-0.3, -0.25) is 4.79 Å². The third-order valence-corrected chi connectivity index (χ3v) is 5.57. The van der Waals surface area contributed by atoms with Gasteiger partial charge in [0.1, 0.15) is 5.69 Å². The second-order valence-electron chi connectivity index (χ2n) is 7.55. The van der Waals surface area contributed by atoms with Gasteiger partial charge in [0.05, 0.1) is 16.8 Å². The molecule has 3 aromatic carbocycles. The average molecular weight is 420 g/mol. The highest BCUT2D eigenvalue weighted by molar-refractivity contribution is 6.14. The molecule has 0 bridgehead atoms. The van der Waals surface area contributed by atoms with Gasteiger partial charge in [-0.15, -0.1) is 0 Å². The third-order valence-electron chi connectivity index (χ3n) is 5.57. The Morgan fingerprint density at radius 3 is 2.41 bits per heavy atom. The number of hydrogen-bond acceptors (Lipinski definition) is 4. The van der Waals surface area contributed by atoms with Crippen LogP contribution in [0.1, 0.15) is 20.8 Å². The fourth-order valence-corrected chi connectivity index (χ4v) is 4.07. The molecule has 0 unspecified atom stereocenters. The van der Waals surface area contributed by atoms with Gasteiger partial charge in [-0.1, -0.05) is 72.8 Å². The lowest BCUT2D eigenvalue weighted by Crippen LogP contribution is -2.16. The molecule has 0 aliphatic heterocycles. The summed E-state index contributed by atoms with van der Waals surface area (Å²) in [5, 5.41) is 1.77. The van der Waals surface area contributed by atoms with E-state index in [1.165, 1.54) is 0 Å². The molecule has 0 spiro atoms. The van der Waals surface area contributed by atoms with Gasteiger partial charge < -0.3 is 9.30 Å². The molecule has 2 aromatic heterocycles. The van der Waals surface area contributed by atoms with Crippen LogP contribution in [-0.2, 0) is 11.8 Å². The summed E-state index contributed by atoms with van der Waals surface area (Å²) in [5.74, 6) is -0.875. The van der Waals surface area contributed by atoms with Gasteiger partial charge in [-0.25, -0.2) is 9.78 Å². The van der Waals surface area contributed by atoms with Gasteiger partial charge in [0, 0.05) is 23.3 Å². The summed E-state index contributed by atoms with van der Waals surface area (Å²) in [7, 11) is 1.94. The summed E-state index contributed by atoms with van der Waals surface area (Å²) >= 11 is 0. The maximum atomic E-state index is 13.3. The lowest BCUT2D eigenvalue weighted by atomic mass is 10.0. The number of ether oxygens (including phenoxy) is 1. The number of hydrogen-bond donors (Lipinski definition) is 0. The summed E-state index contributed by atoms with van der Waals surface area (Å²) in [6.45, 7) is -0.360. The number of fused-ring (bicyclic) bond motifs is 2. The molecule has 0 saturated heterocycles. The summed E-state index contributed by atoms with van der Waals surface area (Å²) < 4.78 is 7.39. The summed E-state index contributed by atoms with van der Waals surface area (Å²) in [6, 6.07) is 28.4. The Kier molecular flexibility index (Phi) is 5.00. The Morgan fingerprint density at radius 1 is 0.844 bits per heavy atom. The highest BCUT2D eigenvalue weighted by Gasteiger charge is 2.23. The molecule has 5 rings (SSSR count). The molecular weight excluding hydrogens is 400 g/mol. The van der Waals surface area contributed by atoms with Crippen molar-refractivity contribution in [2.75, 3.05) is 6.61 Å². The van der Waals surface area contributed by atoms with E-state index in [9.17, 15) is 9.59 Å². The number of carbonyl (C=O) groups excluding carboxylic acids is 2. The van der Waals surface area contributed by atoms with Crippen LogP contribution >= 0.6 is 0 Å². The lowest BCUT2D eigenvalue weighted by molar-refractivity contribution is 0.0470. The van der Waals surface area contributed by atoms with E-state index in [1.807, 2.05) is 96.5 Å². The first kappa shape index (κ1) is 19.7. The fourth-order valence-electron chi connectivity index (χ4n) is 4.07. The Labute approximate surface area is 184 Å². The van der Waals surface area contributed by atoms with E-state index in [0.29, 0.717) is 11.1 Å². The number of benzene rings is 3. The number of Topliss-reactive ketones (excluding diaryl/α,β-unsaturated/α-hetero) is 1. The minimum absolute atomic E-state index is 0.178. The van der Waals surface area contributed by atoms with Crippen molar-refractivity contribution in [1.82, 2.24) is 9.55 Å². The number of pyridine rings is 1. The van der Waals surface area contributed by atoms with E-state index < -0.39 is 5.97 Å². The molecule has 5 aromatic rings. The van der Waals surface area contributed by atoms with Crippen LogP contribution in [0.25, 0.3) is 33.1 Å². The smallest absolute Gasteiger partial charge is 0.357 e. The van der Waals surface area contributed by atoms with E-state index in [4.69, 9.17) is 4.74 Å². The molecule has 5 nitrogen and oxygen atoms in total. The predicted molar refractivity (Wildman–Crippen MR) is 125 cm³/mol. The van der Waals surface area contributed by atoms with Crippen LogP contribution in [0.5, 0.6) is 0 Å². The van der Waals surface area contributed by atoms with Gasteiger partial charge in [-0.2, -0.15) is 0 Å². The standard InChI is InChI=1S/C27H20N2O3/c1-29-23-14-8-6-12-20(23)25(26(29)19-10-3-2-4-11-19)24(30)17-32-27(31)22-16-15-18-9-5-7-13-21(18)28-22/h2-16H,17H2,1H3. The van der Waals surface area contributed by atoms with Crippen LogP contribution < -0.4 is 0 Å². The first-order valence-corrected chi connectivity index (χ1v) is 10.3. The van der Waals surface area contributed by atoms with Crippen LogP contribution in [0.4, 0.5) is 0 Å². The minimum atomic E-state index is -0.620. The molecule has 156 valence electrons. The number of aromatic nitrogens is 2. The zero-order valence-electron chi connectivity index (χ0n) is 17.5. The van der Waals surface area contributed by atoms with Crippen molar-refractivity contribution in [1.29, 1.82) is 0 Å². The van der Waals surface area contributed by atoms with Crippen molar-refractivity contribution in [2.24, 2.45) is 7.05 Å². The summed E-state index contributed by atoms with van der Waals surface area (Å²) in [4.78, 5) is 30.3. The predicted octanol–water partition coefficient (Wildman–Crippen LogP) is 5.43. The minimum Gasteiger partial charge on any atom is -0.453 e. The van der Waals surface area contributed by atoms with Crippen LogP contribution in [0.15, 0.2) is 91.0 Å². The van der Waals surface area contributed by atoms with Gasteiger partial charge in [0.2, 0.25) is 5.78 Å². The average Bonchev–Trinajstić information content (AvgIpc) is 3.15. The molecule has 2 heterocycles. The number of ketones is 1. The molecule has 0 radical (unpaired) electrons. The highest BCUT2D eigenvalue weighted by atomic mass is 16.5. The van der Waals surface area contributed by atoms with E-state index in [-0.39, 0.29) is 18.1 Å². The largest absolute Gasteiger partial charge is 0.453 e. The fraction of sp³-hybridized carbons (Fsp3) is 0.0741. The van der Waals surface area contributed by atoms with Gasteiger partial charge in [0.15, 0.2) is 6.61 Å². The second-order valence-corrected chi connectivity index (χ2v) is 7.55. The SMILES string of the molecule is Cn1c(-c2ccccc2)c(C(=O)COC(=O)c2ccc3ccccc3n2)c2ccccc21. The molecule has 0 aliphatic rings. The number of carbonyl (C=O) groups is 2. The van der Waals surface area contributed by atoms with Crippen LogP contribution in [-0.4, -0.2) is 27.9 Å². The van der Waals surface area contributed by atoms with Crippen molar-refractivity contribution in [3.05, 3.63) is 102 Å². The maximum Gasteiger partial charge on any atom is 0.357 e. The van der Waals surface area contributed by atoms with Crippen molar-refractivity contribution < 1.29 is 14.3 Å². The van der Waals surface area contributed by atoms with Crippen molar-refractivity contribution in [3.8, 4) is 11.3 Å². The molecule has 0 saturated carbocycles. The molecule has 0 fully saturated rings. The van der Waals surface area contributed by atoms with Crippen LogP contribution in [0.2, 0.25) is 0 Å². The van der Waals surface area contributed by atoms with E-state index in [2.05, 4.69) is 4.98 Å². The zero-order valence-corrected chi connectivity index (χ0v) is 17.5. The molecular formula is C27H20N2O3. The van der Waals surface area contributed by atoms with E-state index in [1.54, 1.807) is 6.07 Å². The molecule has 0 N–H and O–H groups in total. The van der Waals surface area contributed by atoms with Crippen molar-refractivity contribution in [2.45, 2.75) is 0 Å². The topological polar surface area (TPSA) is 61.2 Å². The number of aryl methyl sites for hydroxylation is 1. The first-order valence-electron chi connectivity index (χ1n) is 10.3. The molecule has 0 amide bonds. The van der Waals surface area contributed by atoms with E-state index >= 15 is 0 Å². The highest BCUT2D eigenvalue weighted by Crippen LogP contribution is 2.33. The third kappa shape index (κ3) is 3.44. The Morgan fingerprint density at radius 2 is 1.56 bits per heavy atom. The Hall–Kier alpha value is -4.25. The Balaban J connectivity index is 1.46. The second kappa shape index (κ2) is 8.12. The zero-order chi connectivity index (χ0) is 22.1. The van der Waals surface area contributed by atoms with Gasteiger partial charge in [-0.05, 0) is 23.8 Å². The quantitative estimate of drug-likeness (QED) is 0.281. The van der Waals surface area contributed by atoms with Gasteiger partial charge >= 0.3 is 5.97 Å².